The van der Waals surface area contributed by atoms with Crippen LogP contribution < -0.4 is 4.80 Å². The number of benzene rings is 2. The zero-order valence-electron chi connectivity index (χ0n) is 23.2. The van der Waals surface area contributed by atoms with Crippen LogP contribution in [0.25, 0.3) is 10.2 Å². The fraction of sp³-hybridized carbons (Fsp3) is 0.429. The van der Waals surface area contributed by atoms with Crippen LogP contribution in [-0.4, -0.2) is 61.9 Å². The lowest BCUT2D eigenvalue weighted by atomic mass is 10.2. The van der Waals surface area contributed by atoms with Crippen LogP contribution in [-0.2, 0) is 30.8 Å². The van der Waals surface area contributed by atoms with Crippen molar-refractivity contribution in [1.29, 1.82) is 0 Å². The third kappa shape index (κ3) is 7.43. The molecule has 0 aliphatic rings. The van der Waals surface area contributed by atoms with E-state index in [1.54, 1.807) is 29.7 Å². The Hall–Kier alpha value is -3.35. The molecule has 1 amide bonds. The van der Waals surface area contributed by atoms with Crippen LogP contribution in [0.2, 0.25) is 0 Å². The van der Waals surface area contributed by atoms with E-state index in [2.05, 4.69) is 4.99 Å². The van der Waals surface area contributed by atoms with Crippen LogP contribution >= 0.6 is 11.3 Å². The number of thiazole rings is 1. The van der Waals surface area contributed by atoms with Gasteiger partial charge in [-0.1, -0.05) is 38.0 Å². The zero-order chi connectivity index (χ0) is 29.3. The topological polar surface area (TPSA) is 124 Å². The quantitative estimate of drug-likeness (QED) is 0.271. The number of rotatable bonds is 13. The molecule has 1 aromatic heterocycles. The van der Waals surface area contributed by atoms with Crippen molar-refractivity contribution in [3.05, 3.63) is 58.4 Å². The summed E-state index contributed by atoms with van der Waals surface area (Å²) in [5.41, 5.74) is 1.11. The van der Waals surface area contributed by atoms with Crippen molar-refractivity contribution in [3.8, 4) is 0 Å². The van der Waals surface area contributed by atoms with Crippen LogP contribution in [0.15, 0.2) is 52.4 Å². The zero-order valence-corrected chi connectivity index (χ0v) is 24.8. The molecule has 216 valence electrons. The van der Waals surface area contributed by atoms with Gasteiger partial charge in [0.05, 0.1) is 34.4 Å². The van der Waals surface area contributed by atoms with Gasteiger partial charge in [0.2, 0.25) is 10.0 Å². The van der Waals surface area contributed by atoms with Gasteiger partial charge in [0.15, 0.2) is 4.80 Å². The molecular weight excluding hydrogens is 554 g/mol. The number of hydrogen-bond acceptors (Lipinski definition) is 8. The Labute approximate surface area is 238 Å². The summed E-state index contributed by atoms with van der Waals surface area (Å²) in [5, 5.41) is 0. The van der Waals surface area contributed by atoms with E-state index in [4.69, 9.17) is 9.47 Å². The predicted octanol–water partition coefficient (Wildman–Crippen LogP) is 4.38. The largest absolute Gasteiger partial charge is 0.465 e. The number of sulfonamides is 1. The Morgan fingerprint density at radius 3 is 2.15 bits per heavy atom. The van der Waals surface area contributed by atoms with Crippen molar-refractivity contribution in [2.75, 3.05) is 26.8 Å². The summed E-state index contributed by atoms with van der Waals surface area (Å²) in [6, 6.07) is 10.6. The van der Waals surface area contributed by atoms with Gasteiger partial charge in [0.1, 0.15) is 6.54 Å². The van der Waals surface area contributed by atoms with Gasteiger partial charge < -0.3 is 14.0 Å². The van der Waals surface area contributed by atoms with E-state index in [-0.39, 0.29) is 28.4 Å². The van der Waals surface area contributed by atoms with Gasteiger partial charge in [-0.3, -0.25) is 9.59 Å². The van der Waals surface area contributed by atoms with Gasteiger partial charge in [0, 0.05) is 18.7 Å². The molecule has 0 atom stereocenters. The number of aromatic nitrogens is 1. The van der Waals surface area contributed by atoms with Crippen molar-refractivity contribution in [2.24, 2.45) is 4.99 Å². The maximum atomic E-state index is 13.3. The number of ether oxygens (including phenoxy) is 2. The number of amides is 1. The summed E-state index contributed by atoms with van der Waals surface area (Å²) in [6.07, 6.45) is 3.29. The molecule has 0 aliphatic heterocycles. The highest BCUT2D eigenvalue weighted by molar-refractivity contribution is 7.89. The van der Waals surface area contributed by atoms with Gasteiger partial charge in [-0.15, -0.1) is 0 Å². The Morgan fingerprint density at radius 1 is 0.950 bits per heavy atom. The number of carbonyl (C=O) groups is 3. The molecule has 0 aliphatic carbocycles. The van der Waals surface area contributed by atoms with E-state index in [1.807, 2.05) is 13.8 Å². The Kier molecular flexibility index (Phi) is 11.2. The molecule has 3 aromatic rings. The molecule has 12 heteroatoms. The molecule has 0 bridgehead atoms. The van der Waals surface area contributed by atoms with E-state index >= 15 is 0 Å². The first-order valence-electron chi connectivity index (χ1n) is 13.2. The molecule has 1 heterocycles. The lowest BCUT2D eigenvalue weighted by Crippen LogP contribution is -2.33. The number of unbranched alkanes of at least 4 members (excludes halogenated alkanes) is 2. The molecule has 10 nitrogen and oxygen atoms in total. The van der Waals surface area contributed by atoms with E-state index in [0.717, 1.165) is 37.0 Å². The number of nitrogens with zero attached hydrogens (tertiary/aromatic N) is 3. The number of esters is 2. The number of carbonyl (C=O) groups excluding carboxylic acids is 3. The van der Waals surface area contributed by atoms with E-state index in [9.17, 15) is 22.8 Å². The molecule has 3 rings (SSSR count). The van der Waals surface area contributed by atoms with Crippen molar-refractivity contribution < 1.29 is 32.3 Å². The average Bonchev–Trinajstić information content (AvgIpc) is 3.28. The monoisotopic (exact) mass is 589 g/mol. The first-order valence-corrected chi connectivity index (χ1v) is 15.5. The van der Waals surface area contributed by atoms with E-state index in [1.165, 1.54) is 35.7 Å². The standard InChI is InChI=1S/C28H35N3O7S2/c1-5-8-16-30(17-9-6-2)40(35,36)22-13-10-20(11-14-22)26(33)29-28-31(19-25(32)38-7-3)23-15-12-21(27(34)37-4)18-24(23)39-28/h10-15,18H,5-9,16-17,19H2,1-4H3. The fourth-order valence-electron chi connectivity index (χ4n) is 3.98. The van der Waals surface area contributed by atoms with E-state index < -0.39 is 27.9 Å². The van der Waals surface area contributed by atoms with E-state index in [0.29, 0.717) is 28.9 Å². The Morgan fingerprint density at radius 2 is 1.57 bits per heavy atom. The fourth-order valence-corrected chi connectivity index (χ4v) is 6.57. The smallest absolute Gasteiger partial charge is 0.337 e. The maximum absolute atomic E-state index is 13.3. The van der Waals surface area contributed by atoms with Crippen LogP contribution in [0.1, 0.15) is 67.2 Å². The van der Waals surface area contributed by atoms with Gasteiger partial charge in [0.25, 0.3) is 5.91 Å². The third-order valence-electron chi connectivity index (χ3n) is 6.15. The summed E-state index contributed by atoms with van der Waals surface area (Å²) >= 11 is 1.13. The number of fused-ring (bicyclic) bond motifs is 1. The minimum Gasteiger partial charge on any atom is -0.465 e. The van der Waals surface area contributed by atoms with Crippen molar-refractivity contribution in [3.63, 3.8) is 0 Å². The van der Waals surface area contributed by atoms with Crippen LogP contribution in [0.5, 0.6) is 0 Å². The Bertz CT molecular complexity index is 1520. The normalized spacial score (nSPS) is 12.2. The summed E-state index contributed by atoms with van der Waals surface area (Å²) in [4.78, 5) is 42.0. The minimum absolute atomic E-state index is 0.117. The third-order valence-corrected chi connectivity index (χ3v) is 9.11. The molecule has 40 heavy (non-hydrogen) atoms. The molecule has 0 N–H and O–H groups in total. The summed E-state index contributed by atoms with van der Waals surface area (Å²) in [5.74, 6) is -1.62. The highest BCUT2D eigenvalue weighted by Gasteiger charge is 2.24. The highest BCUT2D eigenvalue weighted by atomic mass is 32.2. The van der Waals surface area contributed by atoms with Crippen molar-refractivity contribution in [2.45, 2.75) is 57.9 Å². The molecule has 0 fully saturated rings. The molecular formula is C28H35N3O7S2. The lowest BCUT2D eigenvalue weighted by molar-refractivity contribution is -0.143. The van der Waals surface area contributed by atoms with Crippen LogP contribution in [0, 0.1) is 0 Å². The second kappa shape index (κ2) is 14.3. The maximum Gasteiger partial charge on any atom is 0.337 e. The first kappa shape index (κ1) is 31.2. The molecule has 0 unspecified atom stereocenters. The second-order valence-corrected chi connectivity index (χ2v) is 11.9. The number of hydrogen-bond donors (Lipinski definition) is 0. The van der Waals surface area contributed by atoms with Gasteiger partial charge in [-0.25, -0.2) is 13.2 Å². The average molecular weight is 590 g/mol. The van der Waals surface area contributed by atoms with Crippen molar-refractivity contribution in [1.82, 2.24) is 8.87 Å². The van der Waals surface area contributed by atoms with Gasteiger partial charge in [-0.05, 0) is 62.2 Å². The minimum atomic E-state index is -3.70. The van der Waals surface area contributed by atoms with Gasteiger partial charge in [-0.2, -0.15) is 9.30 Å². The lowest BCUT2D eigenvalue weighted by Gasteiger charge is -2.22. The summed E-state index contributed by atoms with van der Waals surface area (Å²) < 4.78 is 40.1. The summed E-state index contributed by atoms with van der Waals surface area (Å²) in [7, 11) is -2.42. The van der Waals surface area contributed by atoms with Crippen LogP contribution in [0.3, 0.4) is 0 Å². The summed E-state index contributed by atoms with van der Waals surface area (Å²) in [6.45, 7) is 6.63. The first-order chi connectivity index (χ1) is 19.2. The SMILES string of the molecule is CCCCN(CCCC)S(=O)(=O)c1ccc(C(=O)N=c2sc3cc(C(=O)OC)ccc3n2CC(=O)OCC)cc1. The predicted molar refractivity (Wildman–Crippen MR) is 153 cm³/mol. The second-order valence-electron chi connectivity index (χ2n) is 9.00. The van der Waals surface area contributed by atoms with Crippen LogP contribution in [0.4, 0.5) is 0 Å². The molecule has 0 saturated heterocycles. The molecule has 2 aromatic carbocycles. The number of methoxy groups -OCH3 is 1. The Balaban J connectivity index is 1.98. The van der Waals surface area contributed by atoms with Crippen molar-refractivity contribution >= 4 is 49.4 Å². The van der Waals surface area contributed by atoms with Gasteiger partial charge >= 0.3 is 11.9 Å². The molecule has 0 radical (unpaired) electrons. The molecule has 0 spiro atoms. The highest BCUT2D eigenvalue weighted by Crippen LogP contribution is 2.21. The molecule has 0 saturated carbocycles.